The molecule has 0 spiro atoms. The second-order valence-corrected chi connectivity index (χ2v) is 9.29. The van der Waals surface area contributed by atoms with Gasteiger partial charge in [0.15, 0.2) is 0 Å². The third-order valence-electron chi connectivity index (χ3n) is 6.10. The zero-order chi connectivity index (χ0) is 24.9. The number of hydrogen-bond acceptors (Lipinski definition) is 4. The first-order valence-corrected chi connectivity index (χ1v) is 12.1. The molecule has 7 nitrogen and oxygen atoms in total. The molecule has 0 fully saturated rings. The van der Waals surface area contributed by atoms with Crippen LogP contribution in [0.25, 0.3) is 11.1 Å². The second kappa shape index (κ2) is 10.7. The Balaban J connectivity index is 1.25. The van der Waals surface area contributed by atoms with Crippen LogP contribution in [-0.4, -0.2) is 36.2 Å². The molecule has 8 heteroatoms. The number of benzene rings is 3. The molecular formula is C27H25BrN2O5. The number of carboxylic acid groups (broad SMARTS) is 1. The quantitative estimate of drug-likeness (QED) is 0.345. The number of anilines is 1. The summed E-state index contributed by atoms with van der Waals surface area (Å²) in [5.41, 5.74) is 5.08. The first-order valence-electron chi connectivity index (χ1n) is 11.3. The van der Waals surface area contributed by atoms with E-state index in [2.05, 4.69) is 50.8 Å². The average molecular weight is 537 g/mol. The minimum atomic E-state index is -1.09. The Hall–Kier alpha value is -3.65. The van der Waals surface area contributed by atoms with Crippen molar-refractivity contribution in [3.8, 4) is 11.1 Å². The third-order valence-corrected chi connectivity index (χ3v) is 6.79. The number of halogens is 1. The van der Waals surface area contributed by atoms with Crippen molar-refractivity contribution < 1.29 is 24.2 Å². The van der Waals surface area contributed by atoms with E-state index in [4.69, 9.17) is 4.74 Å². The largest absolute Gasteiger partial charge is 0.478 e. The number of fused-ring (bicyclic) bond motifs is 3. The van der Waals surface area contributed by atoms with Crippen LogP contribution in [0.15, 0.2) is 71.2 Å². The van der Waals surface area contributed by atoms with Crippen LogP contribution in [0.2, 0.25) is 0 Å². The summed E-state index contributed by atoms with van der Waals surface area (Å²) in [5, 5.41) is 14.6. The Bertz CT molecular complexity index is 1230. The maximum atomic E-state index is 12.5. The molecule has 3 aromatic carbocycles. The van der Waals surface area contributed by atoms with Crippen LogP contribution >= 0.6 is 15.9 Å². The van der Waals surface area contributed by atoms with Crippen molar-refractivity contribution in [1.82, 2.24) is 5.32 Å². The number of carbonyl (C=O) groups excluding carboxylic acids is 2. The van der Waals surface area contributed by atoms with Crippen LogP contribution in [0, 0.1) is 5.92 Å². The summed E-state index contributed by atoms with van der Waals surface area (Å²) in [6, 6.07) is 20.9. The van der Waals surface area contributed by atoms with Gasteiger partial charge in [-0.15, -0.1) is 0 Å². The Morgan fingerprint density at radius 3 is 2.26 bits per heavy atom. The fourth-order valence-corrected chi connectivity index (χ4v) is 4.62. The highest BCUT2D eigenvalue weighted by atomic mass is 79.9. The molecule has 35 heavy (non-hydrogen) atoms. The summed E-state index contributed by atoms with van der Waals surface area (Å²) in [7, 11) is 0. The van der Waals surface area contributed by atoms with Crippen molar-refractivity contribution in [3.63, 3.8) is 0 Å². The topological polar surface area (TPSA) is 105 Å². The van der Waals surface area contributed by atoms with Gasteiger partial charge in [-0.2, -0.15) is 0 Å². The molecule has 0 saturated carbocycles. The number of aromatic carboxylic acids is 1. The van der Waals surface area contributed by atoms with Crippen LogP contribution in [0.4, 0.5) is 10.5 Å². The predicted molar refractivity (Wildman–Crippen MR) is 137 cm³/mol. The predicted octanol–water partition coefficient (Wildman–Crippen LogP) is 5.65. The number of carboxylic acids is 1. The SMILES string of the molecule is CC(CCNC(=O)OCC1c2ccccc2-c2ccccc21)C(=O)Nc1ccc(Br)c(C(=O)O)c1. The fourth-order valence-electron chi connectivity index (χ4n) is 4.20. The molecule has 0 bridgehead atoms. The maximum absolute atomic E-state index is 12.5. The number of ether oxygens (including phenoxy) is 1. The Morgan fingerprint density at radius 2 is 1.63 bits per heavy atom. The van der Waals surface area contributed by atoms with Crippen molar-refractivity contribution in [3.05, 3.63) is 87.9 Å². The first kappa shape index (κ1) is 24.5. The Labute approximate surface area is 211 Å². The summed E-state index contributed by atoms with van der Waals surface area (Å²) in [6.45, 7) is 2.24. The highest BCUT2D eigenvalue weighted by Gasteiger charge is 2.29. The van der Waals surface area contributed by atoms with Gasteiger partial charge in [-0.3, -0.25) is 4.79 Å². The standard InChI is InChI=1S/C27H25BrN2O5/c1-16(25(31)30-17-10-11-24(28)22(14-17)26(32)33)12-13-29-27(34)35-15-23-20-8-4-2-6-18(20)19-7-3-5-9-21(19)23/h2-11,14,16,23H,12-13,15H2,1H3,(H,29,34)(H,30,31)(H,32,33). The van der Waals surface area contributed by atoms with E-state index in [9.17, 15) is 19.5 Å². The van der Waals surface area contributed by atoms with Gasteiger partial charge in [0.1, 0.15) is 6.61 Å². The minimum absolute atomic E-state index is 0.0144. The van der Waals surface area contributed by atoms with E-state index in [1.165, 1.54) is 6.07 Å². The average Bonchev–Trinajstić information content (AvgIpc) is 3.17. The zero-order valence-corrected chi connectivity index (χ0v) is 20.7. The number of amides is 2. The van der Waals surface area contributed by atoms with Gasteiger partial charge < -0.3 is 20.5 Å². The maximum Gasteiger partial charge on any atom is 0.407 e. The molecule has 2 amide bonds. The van der Waals surface area contributed by atoms with Gasteiger partial charge in [0.25, 0.3) is 0 Å². The molecule has 0 heterocycles. The lowest BCUT2D eigenvalue weighted by molar-refractivity contribution is -0.119. The van der Waals surface area contributed by atoms with Gasteiger partial charge in [0.05, 0.1) is 5.56 Å². The van der Waals surface area contributed by atoms with Gasteiger partial charge in [-0.05, 0) is 62.8 Å². The van der Waals surface area contributed by atoms with Gasteiger partial charge in [0.2, 0.25) is 5.91 Å². The Kier molecular flexibility index (Phi) is 7.51. The monoisotopic (exact) mass is 536 g/mol. The highest BCUT2D eigenvalue weighted by molar-refractivity contribution is 9.10. The van der Waals surface area contributed by atoms with Gasteiger partial charge >= 0.3 is 12.1 Å². The molecule has 1 aliphatic rings. The van der Waals surface area contributed by atoms with E-state index in [-0.39, 0.29) is 30.5 Å². The minimum Gasteiger partial charge on any atom is -0.478 e. The van der Waals surface area contributed by atoms with Crippen LogP contribution in [0.5, 0.6) is 0 Å². The smallest absolute Gasteiger partial charge is 0.407 e. The van der Waals surface area contributed by atoms with Crippen molar-refractivity contribution in [1.29, 1.82) is 0 Å². The summed E-state index contributed by atoms with van der Waals surface area (Å²) < 4.78 is 5.95. The second-order valence-electron chi connectivity index (χ2n) is 8.43. The van der Waals surface area contributed by atoms with Crippen LogP contribution in [-0.2, 0) is 9.53 Å². The molecule has 3 aromatic rings. The van der Waals surface area contributed by atoms with Gasteiger partial charge in [-0.1, -0.05) is 55.5 Å². The molecule has 0 aromatic heterocycles. The first-order chi connectivity index (χ1) is 16.8. The number of nitrogens with one attached hydrogen (secondary N) is 2. The van der Waals surface area contributed by atoms with Crippen LogP contribution in [0.1, 0.15) is 40.7 Å². The summed E-state index contributed by atoms with van der Waals surface area (Å²) in [6.07, 6.45) is -0.128. The van der Waals surface area contributed by atoms with E-state index in [1.54, 1.807) is 19.1 Å². The van der Waals surface area contributed by atoms with Gasteiger partial charge in [-0.25, -0.2) is 9.59 Å². The van der Waals surface area contributed by atoms with E-state index in [1.807, 2.05) is 24.3 Å². The molecule has 1 unspecified atom stereocenters. The summed E-state index contributed by atoms with van der Waals surface area (Å²) >= 11 is 3.18. The lowest BCUT2D eigenvalue weighted by Crippen LogP contribution is -2.30. The van der Waals surface area contributed by atoms with Crippen LogP contribution < -0.4 is 10.6 Å². The molecule has 3 N–H and O–H groups in total. The lowest BCUT2D eigenvalue weighted by atomic mass is 9.98. The molecule has 0 aliphatic heterocycles. The molecule has 4 rings (SSSR count). The molecule has 1 aliphatic carbocycles. The van der Waals surface area contributed by atoms with Crippen molar-refractivity contribution in [2.24, 2.45) is 5.92 Å². The van der Waals surface area contributed by atoms with Crippen molar-refractivity contribution in [2.75, 3.05) is 18.5 Å². The summed E-state index contributed by atoms with van der Waals surface area (Å²) in [5.74, 6) is -1.77. The number of hydrogen-bond donors (Lipinski definition) is 3. The molecule has 180 valence electrons. The van der Waals surface area contributed by atoms with Gasteiger partial charge in [0, 0.05) is 28.5 Å². The third kappa shape index (κ3) is 5.54. The molecular weight excluding hydrogens is 512 g/mol. The lowest BCUT2D eigenvalue weighted by Gasteiger charge is -2.16. The number of carbonyl (C=O) groups is 3. The zero-order valence-electron chi connectivity index (χ0n) is 19.1. The highest BCUT2D eigenvalue weighted by Crippen LogP contribution is 2.44. The molecule has 1 atom stereocenters. The normalized spacial score (nSPS) is 12.9. The van der Waals surface area contributed by atoms with E-state index in [0.29, 0.717) is 16.6 Å². The van der Waals surface area contributed by atoms with Crippen molar-refractivity contribution >= 4 is 39.6 Å². The summed E-state index contributed by atoms with van der Waals surface area (Å²) in [4.78, 5) is 36.0. The fraction of sp³-hybridized carbons (Fsp3) is 0.222. The Morgan fingerprint density at radius 1 is 1.00 bits per heavy atom. The molecule has 0 saturated heterocycles. The number of rotatable bonds is 8. The molecule has 0 radical (unpaired) electrons. The van der Waals surface area contributed by atoms with Crippen molar-refractivity contribution in [2.45, 2.75) is 19.3 Å². The van der Waals surface area contributed by atoms with E-state index >= 15 is 0 Å². The van der Waals surface area contributed by atoms with E-state index < -0.39 is 18.0 Å². The van der Waals surface area contributed by atoms with Crippen LogP contribution in [0.3, 0.4) is 0 Å². The number of alkyl carbamates (subject to hydrolysis) is 1. The van der Waals surface area contributed by atoms with E-state index in [0.717, 1.165) is 22.3 Å².